The van der Waals surface area contributed by atoms with Crippen LogP contribution in [-0.2, 0) is 21.2 Å². The van der Waals surface area contributed by atoms with Crippen molar-refractivity contribution in [1.82, 2.24) is 9.29 Å². The van der Waals surface area contributed by atoms with Crippen LogP contribution in [0.2, 0.25) is 0 Å². The molecule has 2 N–H and O–H groups in total. The second kappa shape index (κ2) is 10.5. The van der Waals surface area contributed by atoms with E-state index in [4.69, 9.17) is 10.2 Å². The number of aryl methyl sites for hydroxylation is 1. The number of sulfonamides is 1. The fraction of sp³-hybridized carbons (Fsp3) is 0.320. The summed E-state index contributed by atoms with van der Waals surface area (Å²) in [6.45, 7) is 0.207. The first kappa shape index (κ1) is 26.6. The van der Waals surface area contributed by atoms with Crippen molar-refractivity contribution in [2.45, 2.75) is 43.0 Å². The third-order valence-electron chi connectivity index (χ3n) is 6.15. The van der Waals surface area contributed by atoms with Gasteiger partial charge in [0.2, 0.25) is 5.09 Å². The normalized spacial score (nSPS) is 18.0. The lowest BCUT2D eigenvalue weighted by atomic mass is 10.0. The van der Waals surface area contributed by atoms with Gasteiger partial charge in [0.15, 0.2) is 5.78 Å². The predicted octanol–water partition coefficient (Wildman–Crippen LogP) is 4.01. The lowest BCUT2D eigenvalue weighted by Gasteiger charge is -2.21. The molecule has 3 aromatic rings. The first-order valence-electron chi connectivity index (χ1n) is 11.5. The summed E-state index contributed by atoms with van der Waals surface area (Å²) in [6, 6.07) is 10.7. The number of hydrogen-bond donors (Lipinski definition) is 1. The van der Waals surface area contributed by atoms with Crippen molar-refractivity contribution in [3.8, 4) is 0 Å². The highest BCUT2D eigenvalue weighted by Crippen LogP contribution is 2.31. The Morgan fingerprint density at radius 1 is 1.27 bits per heavy atom. The molecule has 1 fully saturated rings. The van der Waals surface area contributed by atoms with Crippen LogP contribution in [0.3, 0.4) is 0 Å². The van der Waals surface area contributed by atoms with Crippen molar-refractivity contribution in [3.05, 3.63) is 71.7 Å². The Bertz CT molecular complexity index is 1450. The van der Waals surface area contributed by atoms with Gasteiger partial charge in [0.25, 0.3) is 10.0 Å². The van der Waals surface area contributed by atoms with Crippen molar-refractivity contribution in [1.29, 1.82) is 0 Å². The van der Waals surface area contributed by atoms with Gasteiger partial charge in [0.05, 0.1) is 17.4 Å². The molecule has 1 atom stereocenters. The summed E-state index contributed by atoms with van der Waals surface area (Å²) in [5, 5.41) is 0.447. The second-order valence-electron chi connectivity index (χ2n) is 8.60. The molecule has 0 spiro atoms. The number of carbonyl (C=O) groups excluding carboxylic acids is 1. The van der Waals surface area contributed by atoms with Crippen LogP contribution < -0.4 is 5.73 Å². The fourth-order valence-electron chi connectivity index (χ4n) is 4.24. The van der Waals surface area contributed by atoms with E-state index in [0.29, 0.717) is 35.5 Å². The highest BCUT2D eigenvalue weighted by atomic mass is 32.2. The van der Waals surface area contributed by atoms with Crippen LogP contribution in [0.5, 0.6) is 0 Å². The van der Waals surface area contributed by atoms with E-state index in [2.05, 4.69) is 9.98 Å². The standard InChI is InChI=1S/C25H25F3N4O4S/c1-30-18(15-23(29)25(26,27)28)19-13-16(10-11-31-19)8-9-21(33)20-6-4-12-32(20)37(34,35)24-14-17-5-2-3-7-22(17)36-24/h2-3,5,7,10-11,13-15,20H,4,6,8-9,12,29H2,1H3/t20-/m0/s1. The van der Waals surface area contributed by atoms with Gasteiger partial charge in [-0.15, -0.1) is 0 Å². The monoisotopic (exact) mass is 534 g/mol. The van der Waals surface area contributed by atoms with Crippen LogP contribution in [0.4, 0.5) is 13.2 Å². The number of halogens is 3. The second-order valence-corrected chi connectivity index (χ2v) is 10.4. The van der Waals surface area contributed by atoms with Crippen LogP contribution in [0.25, 0.3) is 11.0 Å². The molecule has 12 heteroatoms. The van der Waals surface area contributed by atoms with Gasteiger partial charge in [0.1, 0.15) is 11.3 Å². The summed E-state index contributed by atoms with van der Waals surface area (Å²) in [4.78, 5) is 21.0. The molecule has 4 rings (SSSR count). The van der Waals surface area contributed by atoms with Crippen LogP contribution >= 0.6 is 0 Å². The van der Waals surface area contributed by atoms with E-state index in [1.807, 2.05) is 0 Å². The van der Waals surface area contributed by atoms with Crippen molar-refractivity contribution >= 4 is 32.5 Å². The number of ketones is 1. The van der Waals surface area contributed by atoms with Crippen LogP contribution in [0, 0.1) is 0 Å². The third-order valence-corrected chi connectivity index (χ3v) is 7.91. The van der Waals surface area contributed by atoms with Gasteiger partial charge >= 0.3 is 6.18 Å². The first-order chi connectivity index (χ1) is 17.5. The molecule has 37 heavy (non-hydrogen) atoms. The minimum absolute atomic E-state index is 0.0411. The number of carbonyl (C=O) groups is 1. The Morgan fingerprint density at radius 2 is 2.03 bits per heavy atom. The molecule has 0 aliphatic carbocycles. The molecular weight excluding hydrogens is 509 g/mol. The first-order valence-corrected chi connectivity index (χ1v) is 12.9. The number of fused-ring (bicyclic) bond motifs is 1. The number of furan rings is 1. The number of nitrogens with two attached hydrogens (primary N) is 1. The van der Waals surface area contributed by atoms with Gasteiger partial charge < -0.3 is 10.2 Å². The SMILES string of the molecule is CN=C(C=C(N)C(F)(F)F)c1cc(CCC(=O)[C@@H]2CCCN2S(=O)(=O)c2cc3ccccc3o2)ccn1. The van der Waals surface area contributed by atoms with Crippen molar-refractivity contribution < 1.29 is 30.8 Å². The average Bonchev–Trinajstić information content (AvgIpc) is 3.53. The summed E-state index contributed by atoms with van der Waals surface area (Å²) in [5.41, 5.74) is 5.01. The molecule has 8 nitrogen and oxygen atoms in total. The highest BCUT2D eigenvalue weighted by Gasteiger charge is 2.40. The van der Waals surface area contributed by atoms with E-state index in [9.17, 15) is 26.4 Å². The number of Topliss-reactive ketones (excluding diaryl/α,β-unsaturated/α-hetero) is 1. The smallest absolute Gasteiger partial charge is 0.430 e. The number of rotatable bonds is 8. The van der Waals surface area contributed by atoms with Gasteiger partial charge in [-0.05, 0) is 49.1 Å². The number of aliphatic imine (C=N–C) groups is 1. The van der Waals surface area contributed by atoms with E-state index in [0.717, 1.165) is 0 Å². The fourth-order valence-corrected chi connectivity index (χ4v) is 5.87. The van der Waals surface area contributed by atoms with E-state index >= 15 is 0 Å². The number of para-hydroxylation sites is 1. The van der Waals surface area contributed by atoms with Gasteiger partial charge in [-0.25, -0.2) is 8.42 Å². The maximum atomic E-state index is 13.3. The molecule has 1 aliphatic heterocycles. The van der Waals surface area contributed by atoms with Gasteiger partial charge in [0, 0.05) is 37.7 Å². The van der Waals surface area contributed by atoms with Crippen molar-refractivity contribution in [3.63, 3.8) is 0 Å². The Kier molecular flexibility index (Phi) is 7.51. The molecule has 2 aromatic heterocycles. The van der Waals surface area contributed by atoms with Crippen LogP contribution in [0.15, 0.2) is 74.9 Å². The number of benzene rings is 1. The summed E-state index contributed by atoms with van der Waals surface area (Å²) in [7, 11) is -2.69. The molecule has 0 unspecified atom stereocenters. The number of pyridine rings is 1. The molecule has 3 heterocycles. The Morgan fingerprint density at radius 3 is 2.73 bits per heavy atom. The quantitative estimate of drug-likeness (QED) is 0.437. The highest BCUT2D eigenvalue weighted by molar-refractivity contribution is 7.89. The minimum Gasteiger partial charge on any atom is -0.443 e. The zero-order valence-corrected chi connectivity index (χ0v) is 20.7. The molecule has 196 valence electrons. The Balaban J connectivity index is 1.47. The van der Waals surface area contributed by atoms with E-state index in [-0.39, 0.29) is 41.7 Å². The summed E-state index contributed by atoms with van der Waals surface area (Å²) in [6.07, 6.45) is -1.36. The zero-order chi connectivity index (χ0) is 26.8. The Labute approximate surface area is 211 Å². The lowest BCUT2D eigenvalue weighted by molar-refractivity contribution is -0.122. The molecule has 0 bridgehead atoms. The van der Waals surface area contributed by atoms with Gasteiger partial charge in [-0.1, -0.05) is 18.2 Å². The minimum atomic E-state index is -4.70. The lowest BCUT2D eigenvalue weighted by Crippen LogP contribution is -2.40. The zero-order valence-electron chi connectivity index (χ0n) is 19.9. The van der Waals surface area contributed by atoms with Crippen LogP contribution in [0.1, 0.15) is 30.5 Å². The number of nitrogens with zero attached hydrogens (tertiary/aromatic N) is 3. The molecular formula is C25H25F3N4O4S. The maximum Gasteiger partial charge on any atom is 0.430 e. The molecule has 1 aromatic carbocycles. The topological polar surface area (TPSA) is 119 Å². The molecule has 1 saturated heterocycles. The van der Waals surface area contributed by atoms with Gasteiger partial charge in [-0.2, -0.15) is 17.5 Å². The van der Waals surface area contributed by atoms with Gasteiger partial charge in [-0.3, -0.25) is 14.8 Å². The number of allylic oxidation sites excluding steroid dienone is 2. The summed E-state index contributed by atoms with van der Waals surface area (Å²) >= 11 is 0. The predicted molar refractivity (Wildman–Crippen MR) is 131 cm³/mol. The molecule has 1 aliphatic rings. The molecule has 0 saturated carbocycles. The third kappa shape index (κ3) is 5.75. The van der Waals surface area contributed by atoms with Crippen molar-refractivity contribution in [2.75, 3.05) is 13.6 Å². The molecule has 0 radical (unpaired) electrons. The van der Waals surface area contributed by atoms with Crippen LogP contribution in [-0.4, -0.2) is 55.0 Å². The largest absolute Gasteiger partial charge is 0.443 e. The van der Waals surface area contributed by atoms with Crippen molar-refractivity contribution in [2.24, 2.45) is 10.7 Å². The number of alkyl halides is 3. The maximum absolute atomic E-state index is 13.3. The van der Waals surface area contributed by atoms with E-state index in [1.54, 1.807) is 30.3 Å². The molecule has 0 amide bonds. The summed E-state index contributed by atoms with van der Waals surface area (Å²) in [5.74, 6) is -0.249. The number of aromatic nitrogens is 1. The Hall–Kier alpha value is -3.51. The number of hydrogen-bond acceptors (Lipinski definition) is 7. The average molecular weight is 535 g/mol. The van der Waals surface area contributed by atoms with E-state index < -0.39 is 27.9 Å². The summed E-state index contributed by atoms with van der Waals surface area (Å²) < 4.78 is 71.7. The van der Waals surface area contributed by atoms with E-state index in [1.165, 1.54) is 29.7 Å².